The molecule has 0 saturated carbocycles. The Morgan fingerprint density at radius 1 is 0.265 bits per heavy atom. The average Bonchev–Trinajstić information content (AvgIpc) is 0.919. The number of hydrogen-bond acceptors (Lipinski definition) is 15. The molecule has 3 N–H and O–H groups in total. The number of unbranched alkanes of at least 4 members (excludes halogenated alkanes) is 52. The topological polar surface area (TPSA) is 237 Å². The molecular weight excluding hydrogens is 1330 g/mol. The molecule has 0 fully saturated rings. The summed E-state index contributed by atoms with van der Waals surface area (Å²) >= 11 is 0. The predicted octanol–water partition coefficient (Wildman–Crippen LogP) is 25.1. The highest BCUT2D eigenvalue weighted by Gasteiger charge is 2.30. The molecule has 0 radical (unpaired) electrons. The Labute approximate surface area is 626 Å². The Kier molecular flexibility index (Phi) is 73.1. The minimum atomic E-state index is -4.96. The van der Waals surface area contributed by atoms with Crippen LogP contribution < -0.4 is 0 Å². The second-order valence-corrected chi connectivity index (χ2v) is 33.7. The molecule has 606 valence electrons. The molecule has 0 aliphatic carbocycles. The fraction of sp³-hybridized carbons (Fsp3) is 0.952. The first-order valence-corrected chi connectivity index (χ1v) is 46.0. The number of carbonyl (C=O) groups is 4. The van der Waals surface area contributed by atoms with Crippen LogP contribution in [0.15, 0.2) is 0 Å². The van der Waals surface area contributed by atoms with E-state index >= 15 is 0 Å². The van der Waals surface area contributed by atoms with E-state index in [0.717, 1.165) is 102 Å². The van der Waals surface area contributed by atoms with E-state index in [1.54, 1.807) is 0 Å². The first-order chi connectivity index (χ1) is 49.4. The molecule has 2 unspecified atom stereocenters. The molecule has 19 heteroatoms. The van der Waals surface area contributed by atoms with E-state index in [1.165, 1.54) is 257 Å². The Bertz CT molecular complexity index is 1960. The van der Waals surface area contributed by atoms with Crippen molar-refractivity contribution in [2.24, 2.45) is 11.8 Å². The van der Waals surface area contributed by atoms with Gasteiger partial charge in [0.1, 0.15) is 19.3 Å². The molecule has 0 amide bonds. The highest BCUT2D eigenvalue weighted by Crippen LogP contribution is 2.45. The molecule has 0 aromatic heterocycles. The van der Waals surface area contributed by atoms with Crippen LogP contribution in [0.5, 0.6) is 0 Å². The number of phosphoric ester groups is 2. The lowest BCUT2D eigenvalue weighted by molar-refractivity contribution is -0.161. The molecule has 0 bridgehead atoms. The summed E-state index contributed by atoms with van der Waals surface area (Å²) in [6.07, 6.45) is 65.3. The Morgan fingerprint density at radius 2 is 0.451 bits per heavy atom. The van der Waals surface area contributed by atoms with Crippen LogP contribution in [-0.2, 0) is 65.4 Å². The van der Waals surface area contributed by atoms with Crippen molar-refractivity contribution >= 4 is 39.5 Å². The van der Waals surface area contributed by atoms with Crippen LogP contribution in [0, 0.1) is 11.8 Å². The van der Waals surface area contributed by atoms with Crippen LogP contribution in [0.2, 0.25) is 0 Å². The van der Waals surface area contributed by atoms with Crippen LogP contribution in [0.3, 0.4) is 0 Å². The zero-order chi connectivity index (χ0) is 74.9. The number of esters is 4. The molecular formula is C83H162O17P2. The summed E-state index contributed by atoms with van der Waals surface area (Å²) < 4.78 is 68.8. The molecule has 0 aliphatic heterocycles. The minimum absolute atomic E-state index is 0.108. The molecule has 0 spiro atoms. The van der Waals surface area contributed by atoms with E-state index in [0.29, 0.717) is 25.7 Å². The van der Waals surface area contributed by atoms with Gasteiger partial charge in [-0.2, -0.15) is 0 Å². The number of phosphoric acid groups is 2. The predicted molar refractivity (Wildman–Crippen MR) is 418 cm³/mol. The van der Waals surface area contributed by atoms with E-state index < -0.39 is 97.5 Å². The number of carbonyl (C=O) groups excluding carboxylic acids is 4. The SMILES string of the molecule is CCCCCCCCCCCCCCCCCCCCCCCC(=O)O[C@H](COC(=O)CCCCCCCCCCCCCCCC(C)C)COP(=O)(O)OC[C@@H](O)COP(=O)(O)OC[C@@H](COC(=O)CCCCCCCCCCC(C)C)OC(=O)CCCCCCCCCCCCCCCC. The summed E-state index contributed by atoms with van der Waals surface area (Å²) in [6.45, 7) is 9.63. The molecule has 0 rings (SSSR count). The van der Waals surface area contributed by atoms with Crippen LogP contribution in [-0.4, -0.2) is 96.7 Å². The van der Waals surface area contributed by atoms with Gasteiger partial charge in [0.15, 0.2) is 12.2 Å². The highest BCUT2D eigenvalue weighted by atomic mass is 31.2. The van der Waals surface area contributed by atoms with E-state index in [-0.39, 0.29) is 25.7 Å². The van der Waals surface area contributed by atoms with Crippen LogP contribution in [0.25, 0.3) is 0 Å². The van der Waals surface area contributed by atoms with E-state index in [2.05, 4.69) is 41.5 Å². The maximum Gasteiger partial charge on any atom is 0.472 e. The monoisotopic (exact) mass is 1490 g/mol. The molecule has 17 nitrogen and oxygen atoms in total. The largest absolute Gasteiger partial charge is 0.472 e. The summed E-state index contributed by atoms with van der Waals surface area (Å²) in [5.74, 6) is -0.588. The van der Waals surface area contributed by atoms with Gasteiger partial charge in [-0.15, -0.1) is 0 Å². The molecule has 5 atom stereocenters. The summed E-state index contributed by atoms with van der Waals surface area (Å²) in [6, 6.07) is 0. The number of hydrogen-bond donors (Lipinski definition) is 3. The minimum Gasteiger partial charge on any atom is -0.462 e. The van der Waals surface area contributed by atoms with Gasteiger partial charge in [-0.1, -0.05) is 388 Å². The van der Waals surface area contributed by atoms with Crippen molar-refractivity contribution in [2.45, 2.75) is 458 Å². The summed E-state index contributed by atoms with van der Waals surface area (Å²) in [4.78, 5) is 73.1. The highest BCUT2D eigenvalue weighted by molar-refractivity contribution is 7.47. The Balaban J connectivity index is 5.23. The summed E-state index contributed by atoms with van der Waals surface area (Å²) in [5, 5.41) is 10.7. The smallest absolute Gasteiger partial charge is 0.462 e. The first kappa shape index (κ1) is 100. The molecule has 0 heterocycles. The molecule has 102 heavy (non-hydrogen) atoms. The third kappa shape index (κ3) is 76.3. The third-order valence-electron chi connectivity index (χ3n) is 19.5. The van der Waals surface area contributed by atoms with Crippen molar-refractivity contribution in [3.05, 3.63) is 0 Å². The van der Waals surface area contributed by atoms with Crippen molar-refractivity contribution < 1.29 is 80.2 Å². The van der Waals surface area contributed by atoms with Crippen LogP contribution in [0.1, 0.15) is 440 Å². The summed E-state index contributed by atoms with van der Waals surface area (Å²) in [5.41, 5.74) is 0. The van der Waals surface area contributed by atoms with Crippen LogP contribution in [0.4, 0.5) is 0 Å². The zero-order valence-electron chi connectivity index (χ0n) is 66.9. The fourth-order valence-corrected chi connectivity index (χ4v) is 14.5. The van der Waals surface area contributed by atoms with E-state index in [1.807, 2.05) is 0 Å². The average molecular weight is 1490 g/mol. The lowest BCUT2D eigenvalue weighted by atomic mass is 10.0. The quantitative estimate of drug-likeness (QED) is 0.0222. The number of aliphatic hydroxyl groups excluding tert-OH is 1. The van der Waals surface area contributed by atoms with Gasteiger partial charge in [0.2, 0.25) is 0 Å². The second kappa shape index (κ2) is 74.5. The van der Waals surface area contributed by atoms with E-state index in [4.69, 9.17) is 37.0 Å². The Morgan fingerprint density at radius 3 is 0.667 bits per heavy atom. The fourth-order valence-electron chi connectivity index (χ4n) is 12.9. The van der Waals surface area contributed by atoms with Crippen molar-refractivity contribution in [1.29, 1.82) is 0 Å². The van der Waals surface area contributed by atoms with Crippen LogP contribution >= 0.6 is 15.6 Å². The van der Waals surface area contributed by atoms with Crippen molar-refractivity contribution in [3.8, 4) is 0 Å². The normalized spacial score (nSPS) is 13.9. The third-order valence-corrected chi connectivity index (χ3v) is 21.4. The molecule has 0 aromatic carbocycles. The number of aliphatic hydroxyl groups is 1. The molecule has 0 aromatic rings. The van der Waals surface area contributed by atoms with Gasteiger partial charge in [0.05, 0.1) is 26.4 Å². The van der Waals surface area contributed by atoms with Gasteiger partial charge in [0, 0.05) is 25.7 Å². The van der Waals surface area contributed by atoms with Gasteiger partial charge in [-0.05, 0) is 37.5 Å². The summed E-state index contributed by atoms with van der Waals surface area (Å²) in [7, 11) is -9.92. The van der Waals surface area contributed by atoms with Gasteiger partial charge in [-0.3, -0.25) is 37.3 Å². The first-order valence-electron chi connectivity index (χ1n) is 43.0. The van der Waals surface area contributed by atoms with Gasteiger partial charge in [-0.25, -0.2) is 9.13 Å². The van der Waals surface area contributed by atoms with Crippen molar-refractivity contribution in [2.75, 3.05) is 39.6 Å². The van der Waals surface area contributed by atoms with Gasteiger partial charge >= 0.3 is 39.5 Å². The molecule has 0 aliphatic rings. The Hall–Kier alpha value is -1.94. The lowest BCUT2D eigenvalue weighted by Crippen LogP contribution is -2.30. The van der Waals surface area contributed by atoms with E-state index in [9.17, 15) is 43.2 Å². The van der Waals surface area contributed by atoms with Crippen molar-refractivity contribution in [1.82, 2.24) is 0 Å². The second-order valence-electron chi connectivity index (χ2n) is 30.8. The number of ether oxygens (including phenoxy) is 4. The maximum atomic E-state index is 13.1. The number of rotatable bonds is 82. The standard InChI is InChI=1S/C83H162O17P2/c1-7-9-11-13-15-17-19-21-23-24-25-26-27-28-29-33-38-42-50-56-62-68-83(88)99-78(71-93-80(85)65-59-53-47-40-36-34-30-31-35-39-45-51-57-63-75(3)4)73-97-101(89,90)95-69-77(84)70-96-102(91,92)98-74-79(72-94-81(86)66-60-54-48-44-43-46-52-58-64-76(5)6)100-82(87)67-61-55-49-41-37-32-22-20-18-16-14-12-10-8-2/h75-79,84H,7-74H2,1-6H3,(H,89,90)(H,91,92)/t77-,78-,79-/m1/s1. The molecule has 0 saturated heterocycles. The van der Waals surface area contributed by atoms with Gasteiger partial charge < -0.3 is 33.8 Å². The lowest BCUT2D eigenvalue weighted by Gasteiger charge is -2.21. The zero-order valence-corrected chi connectivity index (χ0v) is 68.7. The maximum absolute atomic E-state index is 13.1. The van der Waals surface area contributed by atoms with Gasteiger partial charge in [0.25, 0.3) is 0 Å². The van der Waals surface area contributed by atoms with Crippen molar-refractivity contribution in [3.63, 3.8) is 0 Å².